The summed E-state index contributed by atoms with van der Waals surface area (Å²) < 4.78 is 4.48. The molecule has 2 nitrogen and oxygen atoms in total. The SMILES string of the molecule is ClP1CCOO1. The lowest BCUT2D eigenvalue weighted by Crippen LogP contribution is -1.76. The molecule has 1 aliphatic heterocycles. The van der Waals surface area contributed by atoms with Crippen LogP contribution in [0.2, 0.25) is 0 Å². The Bertz CT molecular complexity index is 44.8. The molecule has 1 heterocycles. The van der Waals surface area contributed by atoms with Gasteiger partial charge in [0, 0.05) is 6.16 Å². The van der Waals surface area contributed by atoms with Gasteiger partial charge in [-0.3, -0.25) is 0 Å². The number of rotatable bonds is 0. The van der Waals surface area contributed by atoms with Crippen LogP contribution < -0.4 is 0 Å². The van der Waals surface area contributed by atoms with Crippen LogP contribution in [0.4, 0.5) is 0 Å². The highest BCUT2D eigenvalue weighted by Crippen LogP contribution is 2.45. The lowest BCUT2D eigenvalue weighted by Gasteiger charge is -1.86. The first-order chi connectivity index (χ1) is 2.89. The van der Waals surface area contributed by atoms with E-state index in [9.17, 15) is 0 Å². The first-order valence-corrected chi connectivity index (χ1v) is 3.97. The maximum atomic E-state index is 5.43. The Balaban J connectivity index is 2.18. The lowest BCUT2D eigenvalue weighted by molar-refractivity contribution is -0.173. The van der Waals surface area contributed by atoms with Gasteiger partial charge in [-0.15, -0.1) is 0 Å². The minimum atomic E-state index is -0.715. The highest BCUT2D eigenvalue weighted by Gasteiger charge is 2.12. The Hall–Kier alpha value is 0.640. The largest absolute Gasteiger partial charge is 0.232 e. The van der Waals surface area contributed by atoms with Crippen molar-refractivity contribution >= 4 is 18.7 Å². The van der Waals surface area contributed by atoms with Gasteiger partial charge in [-0.1, -0.05) is 11.2 Å². The Morgan fingerprint density at radius 1 is 1.67 bits per heavy atom. The van der Waals surface area contributed by atoms with Crippen molar-refractivity contribution in [2.45, 2.75) is 0 Å². The zero-order valence-corrected chi connectivity index (χ0v) is 4.71. The third-order valence-electron chi connectivity index (χ3n) is 0.484. The molecule has 4 heteroatoms. The van der Waals surface area contributed by atoms with Gasteiger partial charge in [0.2, 0.25) is 0 Å². The van der Waals surface area contributed by atoms with E-state index in [1.165, 1.54) is 0 Å². The van der Waals surface area contributed by atoms with Crippen molar-refractivity contribution in [1.29, 1.82) is 0 Å². The van der Waals surface area contributed by atoms with Gasteiger partial charge >= 0.3 is 0 Å². The van der Waals surface area contributed by atoms with Crippen LogP contribution in [0.25, 0.3) is 0 Å². The molecular weight excluding hydrogens is 122 g/mol. The normalized spacial score (nSPS) is 34.5. The van der Waals surface area contributed by atoms with E-state index in [1.807, 2.05) is 0 Å². The average Bonchev–Trinajstić information content (AvgIpc) is 1.86. The van der Waals surface area contributed by atoms with Crippen LogP contribution in [-0.4, -0.2) is 12.8 Å². The average molecular weight is 126 g/mol. The van der Waals surface area contributed by atoms with E-state index in [2.05, 4.69) is 9.56 Å². The van der Waals surface area contributed by atoms with Crippen molar-refractivity contribution in [3.05, 3.63) is 0 Å². The highest BCUT2D eigenvalue weighted by atomic mass is 35.7. The van der Waals surface area contributed by atoms with Crippen LogP contribution >= 0.6 is 18.7 Å². The summed E-state index contributed by atoms with van der Waals surface area (Å²) >= 11 is 5.43. The summed E-state index contributed by atoms with van der Waals surface area (Å²) in [5.74, 6) is 0. The van der Waals surface area contributed by atoms with E-state index >= 15 is 0 Å². The summed E-state index contributed by atoms with van der Waals surface area (Å²) in [7, 11) is -0.715. The minimum Gasteiger partial charge on any atom is -0.232 e. The quantitative estimate of drug-likeness (QED) is 0.362. The summed E-state index contributed by atoms with van der Waals surface area (Å²) in [5, 5.41) is 0. The summed E-state index contributed by atoms with van der Waals surface area (Å²) in [6.07, 6.45) is 0.872. The minimum absolute atomic E-state index is 0.662. The molecule has 0 aromatic carbocycles. The van der Waals surface area contributed by atoms with Crippen LogP contribution in [0.5, 0.6) is 0 Å². The third-order valence-corrected chi connectivity index (χ3v) is 1.96. The highest BCUT2D eigenvalue weighted by molar-refractivity contribution is 7.80. The fourth-order valence-electron chi connectivity index (χ4n) is 0.241. The van der Waals surface area contributed by atoms with Crippen molar-refractivity contribution < 1.29 is 9.56 Å². The van der Waals surface area contributed by atoms with Gasteiger partial charge in [-0.2, -0.15) is 4.67 Å². The number of hydrogen-bond donors (Lipinski definition) is 0. The van der Waals surface area contributed by atoms with Crippen molar-refractivity contribution in [1.82, 2.24) is 0 Å². The number of hydrogen-bond acceptors (Lipinski definition) is 2. The van der Waals surface area contributed by atoms with E-state index in [-0.39, 0.29) is 0 Å². The molecule has 1 fully saturated rings. The van der Waals surface area contributed by atoms with Crippen LogP contribution in [0.15, 0.2) is 0 Å². The van der Waals surface area contributed by atoms with E-state index in [0.29, 0.717) is 6.61 Å². The van der Waals surface area contributed by atoms with Gasteiger partial charge in [0.15, 0.2) is 7.50 Å². The van der Waals surface area contributed by atoms with Crippen molar-refractivity contribution in [2.24, 2.45) is 0 Å². The topological polar surface area (TPSA) is 18.5 Å². The third kappa shape index (κ3) is 1.05. The second-order valence-electron chi connectivity index (χ2n) is 0.938. The van der Waals surface area contributed by atoms with E-state index in [4.69, 9.17) is 11.2 Å². The lowest BCUT2D eigenvalue weighted by atomic mass is 10.9. The van der Waals surface area contributed by atoms with E-state index in [0.717, 1.165) is 6.16 Å². The summed E-state index contributed by atoms with van der Waals surface area (Å²) in [4.78, 5) is 4.45. The van der Waals surface area contributed by atoms with Gasteiger partial charge in [-0.25, -0.2) is 4.89 Å². The Morgan fingerprint density at radius 3 is 2.67 bits per heavy atom. The van der Waals surface area contributed by atoms with Crippen LogP contribution in [0, 0.1) is 0 Å². The summed E-state index contributed by atoms with van der Waals surface area (Å²) in [5.41, 5.74) is 0. The second kappa shape index (κ2) is 2.08. The van der Waals surface area contributed by atoms with Crippen molar-refractivity contribution in [3.8, 4) is 0 Å². The zero-order chi connectivity index (χ0) is 4.41. The molecule has 1 rings (SSSR count). The smallest absolute Gasteiger partial charge is 0.167 e. The van der Waals surface area contributed by atoms with Crippen LogP contribution in [0.3, 0.4) is 0 Å². The second-order valence-corrected chi connectivity index (χ2v) is 3.30. The molecular formula is C2H4ClO2P. The molecule has 1 saturated heterocycles. The monoisotopic (exact) mass is 126 g/mol. The predicted molar refractivity (Wildman–Crippen MR) is 24.7 cm³/mol. The molecule has 1 unspecified atom stereocenters. The first kappa shape index (κ1) is 4.79. The maximum absolute atomic E-state index is 5.43. The number of halogens is 1. The molecule has 36 valence electrons. The van der Waals surface area contributed by atoms with Crippen LogP contribution in [0.1, 0.15) is 0 Å². The molecule has 0 aromatic heterocycles. The summed E-state index contributed by atoms with van der Waals surface area (Å²) in [6.45, 7) is 0.662. The van der Waals surface area contributed by atoms with Gasteiger partial charge < -0.3 is 0 Å². The molecule has 6 heavy (non-hydrogen) atoms. The standard InChI is InChI=1S/C2H4ClO2P/c3-6-2-1-4-5-6/h1-2H2. The zero-order valence-electron chi connectivity index (χ0n) is 3.06. The molecule has 0 aliphatic carbocycles. The molecule has 0 saturated carbocycles. The van der Waals surface area contributed by atoms with Gasteiger partial charge in [0.25, 0.3) is 0 Å². The predicted octanol–water partition coefficient (Wildman–Crippen LogP) is 1.50. The molecule has 0 aromatic rings. The van der Waals surface area contributed by atoms with Crippen LogP contribution in [-0.2, 0) is 9.56 Å². The van der Waals surface area contributed by atoms with Gasteiger partial charge in [-0.05, 0) is 0 Å². The Morgan fingerprint density at radius 2 is 2.50 bits per heavy atom. The van der Waals surface area contributed by atoms with Crippen molar-refractivity contribution in [3.63, 3.8) is 0 Å². The molecule has 0 radical (unpaired) electrons. The Kier molecular flexibility index (Phi) is 1.66. The van der Waals surface area contributed by atoms with E-state index < -0.39 is 7.50 Å². The molecule has 0 amide bonds. The fraction of sp³-hybridized carbons (Fsp3) is 1.00. The van der Waals surface area contributed by atoms with E-state index in [1.54, 1.807) is 0 Å². The molecule has 0 bridgehead atoms. The molecule has 1 aliphatic rings. The van der Waals surface area contributed by atoms with Gasteiger partial charge in [0.05, 0.1) is 6.61 Å². The molecule has 0 N–H and O–H groups in total. The Labute approximate surface area is 41.9 Å². The first-order valence-electron chi connectivity index (χ1n) is 1.62. The summed E-state index contributed by atoms with van der Waals surface area (Å²) in [6, 6.07) is 0. The molecule has 0 spiro atoms. The molecule has 1 atom stereocenters. The van der Waals surface area contributed by atoms with Gasteiger partial charge in [0.1, 0.15) is 0 Å². The maximum Gasteiger partial charge on any atom is 0.167 e. The van der Waals surface area contributed by atoms with Crippen molar-refractivity contribution in [2.75, 3.05) is 12.8 Å². The fourth-order valence-corrected chi connectivity index (χ4v) is 1.05.